The van der Waals surface area contributed by atoms with Gasteiger partial charge in [0, 0.05) is 84.0 Å². The molecule has 0 unspecified atom stereocenters. The van der Waals surface area contributed by atoms with E-state index in [1.807, 2.05) is 44.2 Å². The van der Waals surface area contributed by atoms with Crippen LogP contribution in [0.5, 0.6) is 23.0 Å². The van der Waals surface area contributed by atoms with Gasteiger partial charge in [-0.25, -0.2) is 0 Å². The SMILES string of the molecule is Cc1c(COc2cc(OCc3cncc(C#N)c3)c(CNC(C)(CO)CO)cc2Cl)cccc1-c1cccc(COc2cc(OCc3cncc(C=N)c3)c(CNC(C)(CO)CO)cc2Cl)c1C. The van der Waals surface area contributed by atoms with E-state index in [1.54, 1.807) is 62.8 Å². The molecule has 0 radical (unpaired) electrons. The first kappa shape index (κ1) is 51.3. The minimum Gasteiger partial charge on any atom is -0.488 e. The van der Waals surface area contributed by atoms with Crippen molar-refractivity contribution in [3.05, 3.63) is 163 Å². The summed E-state index contributed by atoms with van der Waals surface area (Å²) in [7, 11) is 0. The highest BCUT2D eigenvalue weighted by Gasteiger charge is 2.25. The summed E-state index contributed by atoms with van der Waals surface area (Å²) in [6.07, 6.45) is 7.58. The average molecular weight is 964 g/mol. The molecule has 2 heterocycles. The molecule has 14 nitrogen and oxygen atoms in total. The smallest absolute Gasteiger partial charge is 0.142 e. The number of hydrogen-bond acceptors (Lipinski definition) is 14. The Balaban J connectivity index is 1.21. The molecule has 68 heavy (non-hydrogen) atoms. The predicted molar refractivity (Wildman–Crippen MR) is 261 cm³/mol. The standard InChI is InChI=1S/C52H56Cl2N6O8/c1-33-39(27-67-49-15-47(65-25-37-11-35(17-55)19-57-21-37)41(13-45(49)53)23-59-51(3,29-61)30-62)7-5-9-43(33)44-10-6-8-40(34(44)2)28-68-50-16-48(66-26-38-12-36(18-56)20-58-22-38)42(14-46(50)54)24-60-52(4,31-63)32-64/h5-17,19-22,55,59-64H,23-32H2,1-4H3. The normalized spacial score (nSPS) is 11.5. The lowest BCUT2D eigenvalue weighted by molar-refractivity contribution is 0.102. The van der Waals surface area contributed by atoms with Crippen molar-refractivity contribution in [1.82, 2.24) is 20.6 Å². The molecule has 6 aromatic rings. The number of aliphatic hydroxyl groups is 4. The third kappa shape index (κ3) is 13.1. The zero-order valence-electron chi connectivity index (χ0n) is 38.4. The summed E-state index contributed by atoms with van der Waals surface area (Å²) in [4.78, 5) is 8.34. The molecule has 0 amide bonds. The van der Waals surface area contributed by atoms with Crippen LogP contribution in [-0.2, 0) is 39.5 Å². The fourth-order valence-corrected chi connectivity index (χ4v) is 7.53. The van der Waals surface area contributed by atoms with E-state index in [9.17, 15) is 25.7 Å². The summed E-state index contributed by atoms with van der Waals surface area (Å²) in [5, 5.41) is 63.6. The predicted octanol–water partition coefficient (Wildman–Crippen LogP) is 7.92. The molecule has 0 saturated carbocycles. The van der Waals surface area contributed by atoms with Crippen molar-refractivity contribution in [2.24, 2.45) is 0 Å². The minimum atomic E-state index is -0.947. The number of rotatable bonds is 24. The zero-order valence-corrected chi connectivity index (χ0v) is 39.9. The fraction of sp³-hybridized carbons (Fsp3) is 0.308. The van der Waals surface area contributed by atoms with Crippen LogP contribution in [0.15, 0.2) is 97.6 Å². The first-order chi connectivity index (χ1) is 32.7. The number of ether oxygens (including phenoxy) is 4. The summed E-state index contributed by atoms with van der Waals surface area (Å²) < 4.78 is 25.3. The molecule has 0 spiro atoms. The third-order valence-corrected chi connectivity index (χ3v) is 12.3. The maximum Gasteiger partial charge on any atom is 0.142 e. The highest BCUT2D eigenvalue weighted by atomic mass is 35.5. The first-order valence-electron chi connectivity index (χ1n) is 21.8. The van der Waals surface area contributed by atoms with Crippen LogP contribution >= 0.6 is 23.2 Å². The van der Waals surface area contributed by atoms with Gasteiger partial charge in [0.1, 0.15) is 55.5 Å². The molecule has 0 aliphatic carbocycles. The van der Waals surface area contributed by atoms with Crippen molar-refractivity contribution in [2.45, 2.75) is 78.3 Å². The van der Waals surface area contributed by atoms with Gasteiger partial charge in [-0.05, 0) is 85.3 Å². The molecule has 16 heteroatoms. The zero-order chi connectivity index (χ0) is 48.8. The van der Waals surface area contributed by atoms with Gasteiger partial charge in [0.05, 0.1) is 53.1 Å². The van der Waals surface area contributed by atoms with Crippen molar-refractivity contribution in [2.75, 3.05) is 26.4 Å². The van der Waals surface area contributed by atoms with Crippen molar-refractivity contribution in [3.8, 4) is 40.2 Å². The summed E-state index contributed by atoms with van der Waals surface area (Å²) in [5.41, 5.74) is 7.89. The molecular weight excluding hydrogens is 908 g/mol. The lowest BCUT2D eigenvalue weighted by Crippen LogP contribution is -2.48. The number of aromatic nitrogens is 2. The van der Waals surface area contributed by atoms with Crippen LogP contribution in [0.25, 0.3) is 11.1 Å². The lowest BCUT2D eigenvalue weighted by atomic mass is 9.92. The van der Waals surface area contributed by atoms with Gasteiger partial charge in [0.2, 0.25) is 0 Å². The molecular formula is C52H56Cl2N6O8. The van der Waals surface area contributed by atoms with Crippen LogP contribution in [0.2, 0.25) is 10.0 Å². The summed E-state index contributed by atoms with van der Waals surface area (Å²) in [6.45, 7) is 7.48. The van der Waals surface area contributed by atoms with Crippen LogP contribution in [0.1, 0.15) is 69.5 Å². The monoisotopic (exact) mass is 962 g/mol. The average Bonchev–Trinajstić information content (AvgIpc) is 3.36. The fourth-order valence-electron chi connectivity index (χ4n) is 7.05. The Hall–Kier alpha value is -6.12. The Morgan fingerprint density at radius 3 is 1.49 bits per heavy atom. The van der Waals surface area contributed by atoms with E-state index < -0.39 is 11.1 Å². The van der Waals surface area contributed by atoms with Gasteiger partial charge >= 0.3 is 0 Å². The number of pyridine rings is 2. The summed E-state index contributed by atoms with van der Waals surface area (Å²) in [6, 6.07) is 24.6. The Bertz CT molecular complexity index is 2740. The molecule has 6 rings (SSSR count). The van der Waals surface area contributed by atoms with E-state index in [1.165, 1.54) is 12.4 Å². The summed E-state index contributed by atoms with van der Waals surface area (Å²) in [5.74, 6) is 1.74. The second kappa shape index (κ2) is 23.7. The Morgan fingerprint density at radius 1 is 0.603 bits per heavy atom. The first-order valence-corrected chi connectivity index (χ1v) is 22.6. The Labute approximate surface area is 406 Å². The number of hydrogen-bond donors (Lipinski definition) is 7. The van der Waals surface area contributed by atoms with E-state index in [0.717, 1.165) is 38.9 Å². The molecule has 0 aliphatic rings. The quantitative estimate of drug-likeness (QED) is 0.0288. The largest absolute Gasteiger partial charge is 0.488 e. The van der Waals surface area contributed by atoms with Crippen molar-refractivity contribution < 1.29 is 39.4 Å². The van der Waals surface area contributed by atoms with Crippen molar-refractivity contribution in [3.63, 3.8) is 0 Å². The molecule has 0 bridgehead atoms. The molecule has 0 atom stereocenters. The topological polar surface area (TPSA) is 215 Å². The second-order valence-corrected chi connectivity index (χ2v) is 17.9. The lowest BCUT2D eigenvalue weighted by Gasteiger charge is -2.27. The molecule has 2 aromatic heterocycles. The highest BCUT2D eigenvalue weighted by molar-refractivity contribution is 6.32. The number of nitriles is 1. The van der Waals surface area contributed by atoms with Gasteiger partial charge in [-0.1, -0.05) is 59.6 Å². The number of nitrogens with one attached hydrogen (secondary N) is 3. The number of nitrogens with zero attached hydrogens (tertiary/aromatic N) is 3. The van der Waals surface area contributed by atoms with E-state index in [-0.39, 0.29) is 65.9 Å². The number of aliphatic hydroxyl groups excluding tert-OH is 4. The van der Waals surface area contributed by atoms with Crippen LogP contribution in [0.4, 0.5) is 0 Å². The maximum absolute atomic E-state index is 9.89. The van der Waals surface area contributed by atoms with E-state index >= 15 is 0 Å². The van der Waals surface area contributed by atoms with E-state index in [0.29, 0.717) is 60.9 Å². The van der Waals surface area contributed by atoms with E-state index in [2.05, 4.69) is 38.8 Å². The van der Waals surface area contributed by atoms with Gasteiger partial charge in [-0.2, -0.15) is 5.26 Å². The molecule has 0 aliphatic heterocycles. The van der Waals surface area contributed by atoms with Gasteiger partial charge in [-0.15, -0.1) is 0 Å². The van der Waals surface area contributed by atoms with E-state index in [4.69, 9.17) is 47.6 Å². The van der Waals surface area contributed by atoms with Crippen molar-refractivity contribution >= 4 is 29.4 Å². The Morgan fingerprint density at radius 2 is 1.04 bits per heavy atom. The van der Waals surface area contributed by atoms with Crippen LogP contribution in [-0.4, -0.2) is 74.1 Å². The molecule has 0 fully saturated rings. The van der Waals surface area contributed by atoms with Crippen LogP contribution in [0.3, 0.4) is 0 Å². The van der Waals surface area contributed by atoms with Gasteiger partial charge in [0.25, 0.3) is 0 Å². The van der Waals surface area contributed by atoms with Gasteiger partial charge in [0.15, 0.2) is 0 Å². The Kier molecular flexibility index (Phi) is 17.9. The number of halogens is 2. The van der Waals surface area contributed by atoms with Crippen molar-refractivity contribution in [1.29, 1.82) is 10.7 Å². The molecule has 0 saturated heterocycles. The van der Waals surface area contributed by atoms with Crippen LogP contribution in [0, 0.1) is 30.6 Å². The number of benzene rings is 4. The van der Waals surface area contributed by atoms with Gasteiger partial charge < -0.3 is 55.4 Å². The van der Waals surface area contributed by atoms with Crippen LogP contribution < -0.4 is 29.6 Å². The maximum atomic E-state index is 9.89. The highest BCUT2D eigenvalue weighted by Crippen LogP contribution is 2.38. The van der Waals surface area contributed by atoms with Gasteiger partial charge in [-0.3, -0.25) is 9.97 Å². The molecule has 7 N–H and O–H groups in total. The summed E-state index contributed by atoms with van der Waals surface area (Å²) >= 11 is 13.7. The molecule has 356 valence electrons. The second-order valence-electron chi connectivity index (χ2n) is 17.0. The minimum absolute atomic E-state index is 0.115. The third-order valence-electron chi connectivity index (χ3n) is 11.7. The molecule has 4 aromatic carbocycles.